The molecular weight excluding hydrogens is 362 g/mol. The summed E-state index contributed by atoms with van der Waals surface area (Å²) in [4.78, 5) is 7.91. The minimum Gasteiger partial charge on any atom is -0.481 e. The molecule has 0 aliphatic rings. The molecule has 0 saturated carbocycles. The number of hydrogen-bond acceptors (Lipinski definition) is 6. The van der Waals surface area contributed by atoms with E-state index >= 15 is 0 Å². The first-order valence-electron chi connectivity index (χ1n) is 5.70. The Morgan fingerprint density at radius 3 is 2.48 bits per heavy atom. The van der Waals surface area contributed by atoms with Gasteiger partial charge < -0.3 is 9.47 Å². The number of hydrogen-bond donors (Lipinski definition) is 1. The van der Waals surface area contributed by atoms with Crippen LogP contribution in [0.2, 0.25) is 0 Å². The van der Waals surface area contributed by atoms with Crippen molar-refractivity contribution in [1.82, 2.24) is 9.97 Å². The van der Waals surface area contributed by atoms with Crippen LogP contribution in [0.15, 0.2) is 39.7 Å². The van der Waals surface area contributed by atoms with E-state index in [0.717, 1.165) is 0 Å². The average molecular weight is 374 g/mol. The first-order chi connectivity index (χ1) is 9.96. The van der Waals surface area contributed by atoms with Crippen LogP contribution in [-0.2, 0) is 10.0 Å². The molecule has 21 heavy (non-hydrogen) atoms. The van der Waals surface area contributed by atoms with Crippen molar-refractivity contribution < 1.29 is 17.9 Å². The summed E-state index contributed by atoms with van der Waals surface area (Å²) in [6.45, 7) is 0. The number of nitrogens with zero attached hydrogens (tertiary/aromatic N) is 2. The van der Waals surface area contributed by atoms with Crippen LogP contribution in [0.25, 0.3) is 0 Å². The molecule has 0 aliphatic heterocycles. The van der Waals surface area contributed by atoms with Gasteiger partial charge in [0.2, 0.25) is 5.88 Å². The highest BCUT2D eigenvalue weighted by atomic mass is 79.9. The van der Waals surface area contributed by atoms with Gasteiger partial charge >= 0.3 is 6.01 Å². The van der Waals surface area contributed by atoms with E-state index in [-0.39, 0.29) is 22.6 Å². The molecule has 0 unspecified atom stereocenters. The van der Waals surface area contributed by atoms with E-state index in [1.807, 2.05) is 0 Å². The third kappa shape index (κ3) is 3.61. The summed E-state index contributed by atoms with van der Waals surface area (Å²) in [6.07, 6.45) is 0. The Labute approximate surface area is 130 Å². The predicted octanol–water partition coefficient (Wildman–Crippen LogP) is 2.06. The van der Waals surface area contributed by atoms with Crippen LogP contribution in [0.5, 0.6) is 11.9 Å². The van der Waals surface area contributed by atoms with E-state index in [4.69, 9.17) is 9.47 Å². The second-order valence-electron chi connectivity index (χ2n) is 3.82. The van der Waals surface area contributed by atoms with E-state index in [1.165, 1.54) is 26.4 Å². The number of rotatable bonds is 5. The van der Waals surface area contributed by atoms with E-state index in [9.17, 15) is 8.42 Å². The molecule has 1 aromatic carbocycles. The van der Waals surface area contributed by atoms with Gasteiger partial charge in [-0.2, -0.15) is 9.97 Å². The summed E-state index contributed by atoms with van der Waals surface area (Å²) in [5.41, 5.74) is 0. The molecule has 2 rings (SSSR count). The van der Waals surface area contributed by atoms with Crippen LogP contribution in [0.1, 0.15) is 0 Å². The first kappa shape index (κ1) is 15.5. The van der Waals surface area contributed by atoms with Crippen molar-refractivity contribution in [1.29, 1.82) is 0 Å². The third-order valence-corrected chi connectivity index (χ3v) is 4.81. The van der Waals surface area contributed by atoms with Crippen molar-refractivity contribution in [2.24, 2.45) is 0 Å². The fourth-order valence-corrected chi connectivity index (χ4v) is 3.50. The molecule has 2 aromatic rings. The number of nitrogens with one attached hydrogen (secondary N) is 1. The van der Waals surface area contributed by atoms with Gasteiger partial charge in [-0.1, -0.05) is 12.1 Å². The maximum absolute atomic E-state index is 12.3. The van der Waals surface area contributed by atoms with Gasteiger partial charge in [0, 0.05) is 10.5 Å². The average Bonchev–Trinajstić information content (AvgIpc) is 2.46. The van der Waals surface area contributed by atoms with Crippen LogP contribution in [-0.4, -0.2) is 32.6 Å². The molecule has 0 aliphatic carbocycles. The van der Waals surface area contributed by atoms with Gasteiger partial charge in [0.25, 0.3) is 10.0 Å². The zero-order valence-corrected chi connectivity index (χ0v) is 13.6. The van der Waals surface area contributed by atoms with Gasteiger partial charge in [0.15, 0.2) is 5.82 Å². The third-order valence-electron chi connectivity index (χ3n) is 2.44. The molecule has 0 atom stereocenters. The largest absolute Gasteiger partial charge is 0.481 e. The molecule has 0 saturated heterocycles. The number of aromatic nitrogens is 2. The molecule has 0 amide bonds. The molecular formula is C12H12BrN3O4S. The fraction of sp³-hybridized carbons (Fsp3) is 0.167. The summed E-state index contributed by atoms with van der Waals surface area (Å²) in [7, 11) is -1.01. The molecule has 0 fully saturated rings. The predicted molar refractivity (Wildman–Crippen MR) is 80.1 cm³/mol. The van der Waals surface area contributed by atoms with Gasteiger partial charge in [-0.25, -0.2) is 8.42 Å². The zero-order valence-electron chi connectivity index (χ0n) is 11.2. The Balaban J connectivity index is 2.39. The summed E-state index contributed by atoms with van der Waals surface area (Å²) in [5.74, 6) is 0.237. The minimum atomic E-state index is -3.79. The van der Waals surface area contributed by atoms with Crippen molar-refractivity contribution >= 4 is 31.8 Å². The van der Waals surface area contributed by atoms with Crippen molar-refractivity contribution in [2.45, 2.75) is 4.90 Å². The van der Waals surface area contributed by atoms with Gasteiger partial charge in [-0.15, -0.1) is 0 Å². The maximum Gasteiger partial charge on any atom is 0.321 e. The summed E-state index contributed by atoms with van der Waals surface area (Å²) >= 11 is 3.20. The number of sulfonamides is 1. The van der Waals surface area contributed by atoms with Crippen molar-refractivity contribution in [3.8, 4) is 11.9 Å². The normalized spacial score (nSPS) is 11.0. The van der Waals surface area contributed by atoms with E-state index < -0.39 is 10.0 Å². The molecule has 7 nitrogen and oxygen atoms in total. The SMILES string of the molecule is COc1cc(NS(=O)(=O)c2ccccc2Br)nc(OC)n1. The number of halogens is 1. The van der Waals surface area contributed by atoms with Crippen LogP contribution >= 0.6 is 15.9 Å². The Morgan fingerprint density at radius 1 is 1.14 bits per heavy atom. The summed E-state index contributed by atoms with van der Waals surface area (Å²) < 4.78 is 37.3. The monoisotopic (exact) mass is 373 g/mol. The van der Waals surface area contributed by atoms with E-state index in [0.29, 0.717) is 4.47 Å². The Morgan fingerprint density at radius 2 is 1.86 bits per heavy atom. The second kappa shape index (κ2) is 6.27. The second-order valence-corrected chi connectivity index (χ2v) is 6.32. The lowest BCUT2D eigenvalue weighted by Gasteiger charge is -2.10. The Bertz CT molecular complexity index is 730. The topological polar surface area (TPSA) is 90.4 Å². The van der Waals surface area contributed by atoms with E-state index in [1.54, 1.807) is 18.2 Å². The van der Waals surface area contributed by atoms with Crippen LogP contribution in [0.3, 0.4) is 0 Å². The van der Waals surface area contributed by atoms with Crippen molar-refractivity contribution in [3.63, 3.8) is 0 Å². The molecule has 112 valence electrons. The Kier molecular flexibility index (Phi) is 4.63. The van der Waals surface area contributed by atoms with Gasteiger partial charge in [-0.05, 0) is 28.1 Å². The molecule has 1 aromatic heterocycles. The van der Waals surface area contributed by atoms with Crippen LogP contribution in [0.4, 0.5) is 5.82 Å². The number of methoxy groups -OCH3 is 2. The molecule has 1 heterocycles. The van der Waals surface area contributed by atoms with E-state index in [2.05, 4.69) is 30.6 Å². The molecule has 0 bridgehead atoms. The lowest BCUT2D eigenvalue weighted by molar-refractivity contribution is 0.353. The van der Waals surface area contributed by atoms with Gasteiger partial charge in [0.05, 0.1) is 14.2 Å². The smallest absolute Gasteiger partial charge is 0.321 e. The van der Waals surface area contributed by atoms with Crippen LogP contribution < -0.4 is 14.2 Å². The number of ether oxygens (including phenoxy) is 2. The highest BCUT2D eigenvalue weighted by molar-refractivity contribution is 9.10. The lowest BCUT2D eigenvalue weighted by atomic mass is 10.4. The highest BCUT2D eigenvalue weighted by Crippen LogP contribution is 2.25. The first-order valence-corrected chi connectivity index (χ1v) is 7.98. The lowest BCUT2D eigenvalue weighted by Crippen LogP contribution is -2.15. The van der Waals surface area contributed by atoms with Crippen LogP contribution in [0, 0.1) is 0 Å². The molecule has 1 N–H and O–H groups in total. The quantitative estimate of drug-likeness (QED) is 0.862. The zero-order chi connectivity index (χ0) is 15.5. The standard InChI is InChI=1S/C12H12BrN3O4S/c1-19-11-7-10(14-12(15-11)20-2)16-21(17,18)9-6-4-3-5-8(9)13/h3-7H,1-2H3,(H,14,15,16). The van der Waals surface area contributed by atoms with Crippen molar-refractivity contribution in [3.05, 3.63) is 34.8 Å². The maximum atomic E-state index is 12.3. The Hall–Kier alpha value is -1.87. The minimum absolute atomic E-state index is 0.000762. The van der Waals surface area contributed by atoms with Gasteiger partial charge in [-0.3, -0.25) is 4.72 Å². The number of benzene rings is 1. The van der Waals surface area contributed by atoms with Crippen molar-refractivity contribution in [2.75, 3.05) is 18.9 Å². The summed E-state index contributed by atoms with van der Waals surface area (Å²) in [5, 5.41) is 0. The fourth-order valence-electron chi connectivity index (χ4n) is 1.51. The molecule has 0 radical (unpaired) electrons. The van der Waals surface area contributed by atoms with Gasteiger partial charge in [0.1, 0.15) is 4.90 Å². The highest BCUT2D eigenvalue weighted by Gasteiger charge is 2.19. The molecule has 9 heteroatoms. The molecule has 0 spiro atoms. The number of anilines is 1. The summed E-state index contributed by atoms with van der Waals surface area (Å²) in [6, 6.07) is 7.81.